The van der Waals surface area contributed by atoms with Crippen molar-refractivity contribution in [1.82, 2.24) is 4.98 Å². The van der Waals surface area contributed by atoms with Crippen LogP contribution in [-0.2, 0) is 22.4 Å². The zero-order valence-electron chi connectivity index (χ0n) is 12.5. The molecule has 0 radical (unpaired) electrons. The fraction of sp³-hybridized carbons (Fsp3) is 0.235. The van der Waals surface area contributed by atoms with Gasteiger partial charge in [0.15, 0.2) is 10.6 Å². The maximum Gasteiger partial charge on any atom is 0.416 e. The molecule has 0 aliphatic carbocycles. The first-order valence-corrected chi connectivity index (χ1v) is 8.11. The van der Waals surface area contributed by atoms with Gasteiger partial charge in [0, 0.05) is 0 Å². The van der Waals surface area contributed by atoms with E-state index in [1.165, 1.54) is 0 Å². The predicted molar refractivity (Wildman–Crippen MR) is 82.6 cm³/mol. The zero-order valence-corrected chi connectivity index (χ0v) is 13.3. The van der Waals surface area contributed by atoms with Crippen LogP contribution in [0, 0.1) is 0 Å². The number of benzene rings is 2. The first-order valence-electron chi connectivity index (χ1n) is 7.30. The molecule has 0 spiro atoms. The third-order valence-electron chi connectivity index (χ3n) is 4.18. The molecule has 0 amide bonds. The molecule has 1 saturated heterocycles. The van der Waals surface area contributed by atoms with Gasteiger partial charge >= 0.3 is 12.1 Å². The number of para-hydroxylation sites is 1. The van der Waals surface area contributed by atoms with Crippen molar-refractivity contribution < 1.29 is 26.7 Å². The Labute approximate surface area is 142 Å². The van der Waals surface area contributed by atoms with E-state index in [1.54, 1.807) is 24.3 Å². The molecule has 0 bridgehead atoms. The first kappa shape index (κ1) is 16.4. The van der Waals surface area contributed by atoms with Crippen LogP contribution >= 0.6 is 11.3 Å². The molecular weight excluding hydrogens is 361 g/mol. The van der Waals surface area contributed by atoms with Gasteiger partial charge in [-0.05, 0) is 29.8 Å². The number of ether oxygens (including phenoxy) is 1. The summed E-state index contributed by atoms with van der Waals surface area (Å²) in [5.74, 6) is -3.45. The largest absolute Gasteiger partial charge is 0.416 e. The number of nitrogens with zero attached hydrogens (tertiary/aromatic N) is 1. The Hall–Kier alpha value is -2.06. The van der Waals surface area contributed by atoms with Crippen LogP contribution in [0.4, 0.5) is 22.0 Å². The van der Waals surface area contributed by atoms with E-state index in [-0.39, 0.29) is 12.2 Å². The highest BCUT2D eigenvalue weighted by atomic mass is 32.1. The van der Waals surface area contributed by atoms with E-state index in [9.17, 15) is 13.2 Å². The molecule has 25 heavy (non-hydrogen) atoms. The standard InChI is InChI=1S/C17H10F5NOS/c18-16(19,14-23-12-3-1-2-4-13(12)25-14)15(9-24-15)10-5-7-11(8-6-10)17(20,21)22/h1-8H,9H2. The van der Waals surface area contributed by atoms with Gasteiger partial charge in [0.1, 0.15) is 0 Å². The molecule has 3 aromatic rings. The molecule has 4 rings (SSSR count). The second-order valence-electron chi connectivity index (χ2n) is 5.75. The monoisotopic (exact) mass is 371 g/mol. The Kier molecular flexibility index (Phi) is 3.42. The fourth-order valence-corrected chi connectivity index (χ4v) is 3.72. The molecule has 0 N–H and O–H groups in total. The Morgan fingerprint density at radius 3 is 2.16 bits per heavy atom. The number of hydrogen-bond acceptors (Lipinski definition) is 3. The SMILES string of the molecule is FC(F)(F)c1ccc(C2(C(F)(F)c3nc4ccccc4s3)CO2)cc1. The van der Waals surface area contributed by atoms with Crippen molar-refractivity contribution in [3.05, 3.63) is 64.7 Å². The lowest BCUT2D eigenvalue weighted by atomic mass is 9.92. The number of halogens is 5. The molecule has 0 saturated carbocycles. The summed E-state index contributed by atoms with van der Waals surface area (Å²) in [5, 5.41) is -0.411. The molecule has 1 unspecified atom stereocenters. The molecule has 2 aromatic carbocycles. The van der Waals surface area contributed by atoms with Crippen LogP contribution in [0.2, 0.25) is 0 Å². The molecule has 1 aliphatic rings. The molecule has 1 aliphatic heterocycles. The van der Waals surface area contributed by atoms with Crippen LogP contribution in [-0.4, -0.2) is 11.6 Å². The lowest BCUT2D eigenvalue weighted by molar-refractivity contribution is -0.137. The maximum atomic E-state index is 15.1. The highest BCUT2D eigenvalue weighted by Crippen LogP contribution is 2.57. The minimum absolute atomic E-state index is 0.00440. The molecule has 2 heterocycles. The van der Waals surface area contributed by atoms with E-state index in [0.717, 1.165) is 35.6 Å². The van der Waals surface area contributed by atoms with Gasteiger partial charge in [0.2, 0.25) is 0 Å². The topological polar surface area (TPSA) is 25.4 Å². The molecule has 130 valence electrons. The Bertz CT molecular complexity index is 895. The molecule has 1 aromatic heterocycles. The molecule has 8 heteroatoms. The normalized spacial score (nSPS) is 20.8. The van der Waals surface area contributed by atoms with Gasteiger partial charge in [0.05, 0.1) is 22.4 Å². The van der Waals surface area contributed by atoms with E-state index in [1.807, 2.05) is 0 Å². The second-order valence-corrected chi connectivity index (χ2v) is 6.78. The van der Waals surface area contributed by atoms with Gasteiger partial charge in [-0.3, -0.25) is 0 Å². The van der Waals surface area contributed by atoms with Crippen molar-refractivity contribution in [2.75, 3.05) is 6.61 Å². The third-order valence-corrected chi connectivity index (χ3v) is 5.29. The quantitative estimate of drug-likeness (QED) is 0.459. The van der Waals surface area contributed by atoms with Gasteiger partial charge in [-0.25, -0.2) is 4.98 Å². The van der Waals surface area contributed by atoms with E-state index in [0.29, 0.717) is 10.2 Å². The van der Waals surface area contributed by atoms with Crippen molar-refractivity contribution in [2.45, 2.75) is 17.7 Å². The molecular formula is C17H10F5NOS. The molecule has 1 fully saturated rings. The number of hydrogen-bond donors (Lipinski definition) is 0. The van der Waals surface area contributed by atoms with Crippen molar-refractivity contribution >= 4 is 21.6 Å². The van der Waals surface area contributed by atoms with Crippen LogP contribution in [0.15, 0.2) is 48.5 Å². The van der Waals surface area contributed by atoms with E-state index in [2.05, 4.69) is 4.98 Å². The summed E-state index contributed by atoms with van der Waals surface area (Å²) in [4.78, 5) is 3.98. The van der Waals surface area contributed by atoms with Gasteiger partial charge in [-0.15, -0.1) is 11.3 Å². The Morgan fingerprint density at radius 2 is 1.60 bits per heavy atom. The molecule has 1 atom stereocenters. The van der Waals surface area contributed by atoms with Crippen LogP contribution in [0.3, 0.4) is 0 Å². The van der Waals surface area contributed by atoms with E-state index in [4.69, 9.17) is 4.74 Å². The van der Waals surface area contributed by atoms with Crippen LogP contribution in [0.25, 0.3) is 10.2 Å². The van der Waals surface area contributed by atoms with Gasteiger partial charge < -0.3 is 4.74 Å². The zero-order chi connectivity index (χ0) is 17.9. The average molecular weight is 371 g/mol. The smallest absolute Gasteiger partial charge is 0.357 e. The predicted octanol–water partition coefficient (Wildman–Crippen LogP) is 5.33. The average Bonchev–Trinajstić information content (AvgIpc) is 3.27. The van der Waals surface area contributed by atoms with Crippen molar-refractivity contribution in [3.8, 4) is 0 Å². The van der Waals surface area contributed by atoms with Crippen molar-refractivity contribution in [3.63, 3.8) is 0 Å². The van der Waals surface area contributed by atoms with Crippen molar-refractivity contribution in [1.29, 1.82) is 0 Å². The second kappa shape index (κ2) is 5.22. The number of fused-ring (bicyclic) bond motifs is 1. The summed E-state index contributed by atoms with van der Waals surface area (Å²) in [5.41, 5.74) is -2.41. The number of alkyl halides is 5. The summed E-state index contributed by atoms with van der Waals surface area (Å²) in [6.45, 7) is -0.276. The van der Waals surface area contributed by atoms with Crippen LogP contribution in [0.5, 0.6) is 0 Å². The highest BCUT2D eigenvalue weighted by molar-refractivity contribution is 7.18. The minimum atomic E-state index is -4.52. The van der Waals surface area contributed by atoms with Crippen LogP contribution < -0.4 is 0 Å². The number of epoxide rings is 1. The van der Waals surface area contributed by atoms with E-state index >= 15 is 8.78 Å². The number of thiazole rings is 1. The summed E-state index contributed by atoms with van der Waals surface area (Å²) in [7, 11) is 0. The van der Waals surface area contributed by atoms with Gasteiger partial charge in [-0.2, -0.15) is 22.0 Å². The Balaban J connectivity index is 1.74. The lowest BCUT2D eigenvalue weighted by Gasteiger charge is -2.22. The van der Waals surface area contributed by atoms with Gasteiger partial charge in [-0.1, -0.05) is 24.3 Å². The van der Waals surface area contributed by atoms with Crippen molar-refractivity contribution in [2.24, 2.45) is 0 Å². The molecule has 2 nitrogen and oxygen atoms in total. The third kappa shape index (κ3) is 2.51. The lowest BCUT2D eigenvalue weighted by Crippen LogP contribution is -2.32. The summed E-state index contributed by atoms with van der Waals surface area (Å²) in [6.07, 6.45) is -4.52. The van der Waals surface area contributed by atoms with Crippen LogP contribution in [0.1, 0.15) is 16.1 Å². The van der Waals surface area contributed by atoms with Gasteiger partial charge in [0.25, 0.3) is 0 Å². The highest BCUT2D eigenvalue weighted by Gasteiger charge is 2.67. The summed E-state index contributed by atoms with van der Waals surface area (Å²) in [6, 6.07) is 10.4. The summed E-state index contributed by atoms with van der Waals surface area (Å²) >= 11 is 0.852. The maximum absolute atomic E-state index is 15.1. The number of aromatic nitrogens is 1. The first-order chi connectivity index (χ1) is 11.7. The summed E-state index contributed by atoms with van der Waals surface area (Å²) < 4.78 is 73.8. The van der Waals surface area contributed by atoms with E-state index < -0.39 is 28.3 Å². The minimum Gasteiger partial charge on any atom is -0.357 e. The Morgan fingerprint density at radius 1 is 0.960 bits per heavy atom. The number of rotatable bonds is 3. The fourth-order valence-electron chi connectivity index (χ4n) is 2.71.